The molecule has 76 valence electrons. The number of hydrogen-bond acceptors (Lipinski definition) is 3. The fourth-order valence-corrected chi connectivity index (χ4v) is 1.08. The van der Waals surface area contributed by atoms with Crippen LogP contribution in [-0.4, -0.2) is 12.5 Å². The van der Waals surface area contributed by atoms with E-state index < -0.39 is 0 Å². The molecule has 1 amide bonds. The van der Waals surface area contributed by atoms with Crippen LogP contribution in [-0.2, 0) is 4.79 Å². The van der Waals surface area contributed by atoms with Crippen molar-refractivity contribution in [3.63, 3.8) is 0 Å². The summed E-state index contributed by atoms with van der Waals surface area (Å²) in [5.74, 6) is 0.204. The summed E-state index contributed by atoms with van der Waals surface area (Å²) in [5.41, 5.74) is 12.1. The summed E-state index contributed by atoms with van der Waals surface area (Å²) in [6.07, 6.45) is 1.76. The molecule has 14 heavy (non-hydrogen) atoms. The first-order valence-corrected chi connectivity index (χ1v) is 4.57. The highest BCUT2D eigenvalue weighted by Crippen LogP contribution is 2.10. The van der Waals surface area contributed by atoms with Crippen molar-refractivity contribution in [3.8, 4) is 0 Å². The molecule has 1 aromatic carbocycles. The van der Waals surface area contributed by atoms with E-state index in [-0.39, 0.29) is 5.91 Å². The Balaban J connectivity index is 0.000000146. The molecule has 1 aromatic rings. The Morgan fingerprint density at radius 3 is 1.93 bits per heavy atom. The number of anilines is 2. The van der Waals surface area contributed by atoms with Crippen LogP contribution >= 0.6 is 0 Å². The van der Waals surface area contributed by atoms with Crippen molar-refractivity contribution in [3.05, 3.63) is 24.3 Å². The van der Waals surface area contributed by atoms with Gasteiger partial charge in [-0.2, -0.15) is 0 Å². The van der Waals surface area contributed by atoms with Crippen LogP contribution in [0.4, 0.5) is 11.4 Å². The van der Waals surface area contributed by atoms with E-state index in [2.05, 4.69) is 5.32 Å². The molecular weight excluding hydrogens is 178 g/mol. The van der Waals surface area contributed by atoms with Crippen molar-refractivity contribution in [2.45, 2.75) is 12.8 Å². The fourth-order valence-electron chi connectivity index (χ4n) is 1.08. The largest absolute Gasteiger partial charge is 0.397 e. The molecule has 0 saturated carbocycles. The van der Waals surface area contributed by atoms with Crippen LogP contribution in [0.5, 0.6) is 0 Å². The van der Waals surface area contributed by atoms with Gasteiger partial charge in [0.1, 0.15) is 0 Å². The Morgan fingerprint density at radius 1 is 1.14 bits per heavy atom. The summed E-state index contributed by atoms with van der Waals surface area (Å²) in [5, 5.41) is 2.68. The topological polar surface area (TPSA) is 81.1 Å². The average Bonchev–Trinajstić information content (AvgIpc) is 2.63. The average molecular weight is 193 g/mol. The van der Waals surface area contributed by atoms with Crippen molar-refractivity contribution in [2.75, 3.05) is 18.0 Å². The lowest BCUT2D eigenvalue weighted by Crippen LogP contribution is -2.12. The first-order chi connectivity index (χ1) is 6.70. The molecule has 0 aromatic heterocycles. The normalized spacial score (nSPS) is 14.1. The molecule has 0 unspecified atom stereocenters. The third-order valence-corrected chi connectivity index (χ3v) is 1.90. The molecule has 1 aliphatic heterocycles. The quantitative estimate of drug-likeness (QED) is 0.532. The zero-order chi connectivity index (χ0) is 10.4. The van der Waals surface area contributed by atoms with Crippen molar-refractivity contribution < 1.29 is 4.79 Å². The van der Waals surface area contributed by atoms with Crippen LogP contribution in [0.2, 0.25) is 0 Å². The Morgan fingerprint density at radius 2 is 1.71 bits per heavy atom. The number of carbonyl (C=O) groups excluding carboxylic acids is 1. The van der Waals surface area contributed by atoms with Crippen LogP contribution in [0.1, 0.15) is 12.8 Å². The third kappa shape index (κ3) is 3.35. The summed E-state index contributed by atoms with van der Waals surface area (Å²) in [4.78, 5) is 10.1. The molecule has 0 atom stereocenters. The Kier molecular flexibility index (Phi) is 3.79. The molecule has 5 N–H and O–H groups in total. The number of amides is 1. The van der Waals surface area contributed by atoms with Gasteiger partial charge in [0.25, 0.3) is 0 Å². The molecule has 0 aliphatic carbocycles. The standard InChI is InChI=1S/C6H8N2.C4H7NO/c7-5-3-1-2-4-6(5)8;6-4-2-1-3-5-4/h1-4H,7-8H2;1-3H2,(H,5,6). The van der Waals surface area contributed by atoms with Crippen molar-refractivity contribution in [1.29, 1.82) is 0 Å². The number of para-hydroxylation sites is 2. The Hall–Kier alpha value is -1.71. The first-order valence-electron chi connectivity index (χ1n) is 4.57. The van der Waals surface area contributed by atoms with Gasteiger partial charge in [-0.1, -0.05) is 12.1 Å². The monoisotopic (exact) mass is 193 g/mol. The summed E-state index contributed by atoms with van der Waals surface area (Å²) < 4.78 is 0. The third-order valence-electron chi connectivity index (χ3n) is 1.90. The molecule has 0 spiro atoms. The van der Waals surface area contributed by atoms with Crippen molar-refractivity contribution in [2.24, 2.45) is 0 Å². The van der Waals surface area contributed by atoms with Gasteiger partial charge in [0.2, 0.25) is 5.91 Å². The minimum atomic E-state index is 0.204. The van der Waals surface area contributed by atoms with Gasteiger partial charge in [-0.05, 0) is 18.6 Å². The van der Waals surface area contributed by atoms with Crippen molar-refractivity contribution in [1.82, 2.24) is 5.32 Å². The number of nitrogens with two attached hydrogens (primary N) is 2. The van der Waals surface area contributed by atoms with Crippen LogP contribution in [0, 0.1) is 0 Å². The number of nitrogens with one attached hydrogen (secondary N) is 1. The van der Waals surface area contributed by atoms with Crippen LogP contribution in [0.3, 0.4) is 0 Å². The Bertz CT molecular complexity index is 283. The summed E-state index contributed by atoms with van der Waals surface area (Å²) in [6, 6.07) is 7.25. The minimum Gasteiger partial charge on any atom is -0.397 e. The van der Waals surface area contributed by atoms with Crippen LogP contribution < -0.4 is 16.8 Å². The number of benzene rings is 1. The Labute approximate surface area is 83.3 Å². The molecule has 4 heteroatoms. The SMILES string of the molecule is Nc1ccccc1N.O=C1CCCN1. The summed E-state index contributed by atoms with van der Waals surface area (Å²) in [6.45, 7) is 0.888. The number of rotatable bonds is 0. The molecule has 1 aliphatic rings. The van der Waals surface area contributed by atoms with Gasteiger partial charge in [0.05, 0.1) is 11.4 Å². The maximum absolute atomic E-state index is 10.1. The maximum Gasteiger partial charge on any atom is 0.220 e. The van der Waals surface area contributed by atoms with Crippen molar-refractivity contribution >= 4 is 17.3 Å². The van der Waals surface area contributed by atoms with E-state index in [0.717, 1.165) is 19.4 Å². The highest BCUT2D eigenvalue weighted by molar-refractivity contribution is 5.77. The van der Waals surface area contributed by atoms with Gasteiger partial charge in [0, 0.05) is 13.0 Å². The van der Waals surface area contributed by atoms with E-state index in [1.54, 1.807) is 12.1 Å². The lowest BCUT2D eigenvalue weighted by molar-refractivity contribution is -0.119. The lowest BCUT2D eigenvalue weighted by atomic mass is 10.3. The second-order valence-corrected chi connectivity index (χ2v) is 3.08. The zero-order valence-electron chi connectivity index (χ0n) is 7.99. The van der Waals surface area contributed by atoms with Gasteiger partial charge < -0.3 is 16.8 Å². The minimum absolute atomic E-state index is 0.204. The predicted octanol–water partition coefficient (Wildman–Crippen LogP) is 0.747. The number of hydrogen-bond donors (Lipinski definition) is 3. The second-order valence-electron chi connectivity index (χ2n) is 3.08. The molecule has 1 heterocycles. The smallest absolute Gasteiger partial charge is 0.220 e. The first kappa shape index (κ1) is 10.4. The summed E-state index contributed by atoms with van der Waals surface area (Å²) >= 11 is 0. The molecular formula is C10H15N3O. The molecule has 1 fully saturated rings. The van der Waals surface area contributed by atoms with Gasteiger partial charge in [0.15, 0.2) is 0 Å². The zero-order valence-corrected chi connectivity index (χ0v) is 7.99. The maximum atomic E-state index is 10.1. The summed E-state index contributed by atoms with van der Waals surface area (Å²) in [7, 11) is 0. The van der Waals surface area contributed by atoms with Gasteiger partial charge in [-0.25, -0.2) is 0 Å². The molecule has 4 nitrogen and oxygen atoms in total. The molecule has 0 bridgehead atoms. The van der Waals surface area contributed by atoms with E-state index in [1.165, 1.54) is 0 Å². The van der Waals surface area contributed by atoms with E-state index in [9.17, 15) is 4.79 Å². The highest BCUT2D eigenvalue weighted by atomic mass is 16.1. The van der Waals surface area contributed by atoms with E-state index >= 15 is 0 Å². The molecule has 0 radical (unpaired) electrons. The predicted molar refractivity (Wildman–Crippen MR) is 57.5 cm³/mol. The van der Waals surface area contributed by atoms with Crippen LogP contribution in [0.25, 0.3) is 0 Å². The second kappa shape index (κ2) is 5.11. The van der Waals surface area contributed by atoms with E-state index in [4.69, 9.17) is 11.5 Å². The van der Waals surface area contributed by atoms with Gasteiger partial charge in [-0.15, -0.1) is 0 Å². The fraction of sp³-hybridized carbons (Fsp3) is 0.300. The van der Waals surface area contributed by atoms with Gasteiger partial charge >= 0.3 is 0 Å². The lowest BCUT2D eigenvalue weighted by Gasteiger charge is -1.94. The van der Waals surface area contributed by atoms with E-state index in [0.29, 0.717) is 11.4 Å². The molecule has 1 saturated heterocycles. The highest BCUT2D eigenvalue weighted by Gasteiger charge is 2.05. The van der Waals surface area contributed by atoms with E-state index in [1.807, 2.05) is 12.1 Å². The molecule has 2 rings (SSSR count). The number of nitrogen functional groups attached to an aromatic ring is 2. The van der Waals surface area contributed by atoms with Crippen LogP contribution in [0.15, 0.2) is 24.3 Å². The number of carbonyl (C=O) groups is 1. The van der Waals surface area contributed by atoms with Gasteiger partial charge in [-0.3, -0.25) is 4.79 Å².